The van der Waals surface area contributed by atoms with Crippen LogP contribution < -0.4 is 4.90 Å². The maximum absolute atomic E-state index is 12.8. The second-order valence-electron chi connectivity index (χ2n) is 8.06. The van der Waals surface area contributed by atoms with Crippen molar-refractivity contribution in [2.45, 2.75) is 38.5 Å². The molecule has 0 radical (unpaired) electrons. The summed E-state index contributed by atoms with van der Waals surface area (Å²) < 4.78 is 10.9. The van der Waals surface area contributed by atoms with E-state index in [9.17, 15) is 4.79 Å². The molecular formula is C22H25N5O3. The summed E-state index contributed by atoms with van der Waals surface area (Å²) in [5.41, 5.74) is 2.61. The first kappa shape index (κ1) is 18.8. The van der Waals surface area contributed by atoms with Gasteiger partial charge in [-0.3, -0.25) is 4.79 Å². The summed E-state index contributed by atoms with van der Waals surface area (Å²) in [6.07, 6.45) is 7.58. The number of hydrogen-bond acceptors (Lipinski definition) is 7. The number of amides is 1. The predicted molar refractivity (Wildman–Crippen MR) is 110 cm³/mol. The van der Waals surface area contributed by atoms with Crippen LogP contribution in [0.15, 0.2) is 39.6 Å². The van der Waals surface area contributed by atoms with E-state index in [0.717, 1.165) is 68.2 Å². The number of nitrogens with zero attached hydrogens (tertiary/aromatic N) is 5. The Morgan fingerprint density at radius 3 is 2.80 bits per heavy atom. The second-order valence-corrected chi connectivity index (χ2v) is 8.06. The lowest BCUT2D eigenvalue weighted by Crippen LogP contribution is -2.39. The van der Waals surface area contributed by atoms with Crippen molar-refractivity contribution >= 4 is 11.9 Å². The fourth-order valence-corrected chi connectivity index (χ4v) is 4.39. The van der Waals surface area contributed by atoms with Crippen LogP contribution in [-0.4, -0.2) is 52.1 Å². The highest BCUT2D eigenvalue weighted by Crippen LogP contribution is 2.35. The van der Waals surface area contributed by atoms with E-state index < -0.39 is 0 Å². The van der Waals surface area contributed by atoms with Gasteiger partial charge in [-0.25, -0.2) is 9.97 Å². The van der Waals surface area contributed by atoms with Gasteiger partial charge in [0.05, 0.1) is 23.2 Å². The van der Waals surface area contributed by atoms with Crippen LogP contribution in [0.2, 0.25) is 0 Å². The molecule has 2 fully saturated rings. The van der Waals surface area contributed by atoms with Crippen LogP contribution in [-0.2, 0) is 0 Å². The first-order valence-electron chi connectivity index (χ1n) is 10.6. The number of rotatable bonds is 4. The summed E-state index contributed by atoms with van der Waals surface area (Å²) in [6.45, 7) is 5.17. The van der Waals surface area contributed by atoms with Gasteiger partial charge in [0, 0.05) is 44.4 Å². The summed E-state index contributed by atoms with van der Waals surface area (Å²) in [6, 6.07) is 5.36. The van der Waals surface area contributed by atoms with Crippen molar-refractivity contribution in [3.05, 3.63) is 47.8 Å². The Kier molecular flexibility index (Phi) is 4.98. The Morgan fingerprint density at radius 1 is 1.20 bits per heavy atom. The zero-order valence-corrected chi connectivity index (χ0v) is 17.1. The number of aryl methyl sites for hydroxylation is 1. The summed E-state index contributed by atoms with van der Waals surface area (Å²) >= 11 is 0. The van der Waals surface area contributed by atoms with Gasteiger partial charge >= 0.3 is 0 Å². The number of carbonyl (C=O) groups excluding carboxylic acids is 1. The SMILES string of the molecule is Cc1cc(-c2cnc(N3CCCC3)nc2[C@@H]2CCCN(C(=O)c3ccco3)C2)on1. The maximum Gasteiger partial charge on any atom is 0.289 e. The Morgan fingerprint density at radius 2 is 2.07 bits per heavy atom. The summed E-state index contributed by atoms with van der Waals surface area (Å²) in [4.78, 5) is 26.5. The maximum atomic E-state index is 12.8. The minimum absolute atomic E-state index is 0.0735. The molecule has 1 atom stereocenters. The van der Waals surface area contributed by atoms with E-state index in [-0.39, 0.29) is 11.8 Å². The van der Waals surface area contributed by atoms with Crippen LogP contribution in [0.4, 0.5) is 5.95 Å². The zero-order valence-electron chi connectivity index (χ0n) is 17.1. The first-order valence-corrected chi connectivity index (χ1v) is 10.6. The normalized spacial score (nSPS) is 19.4. The van der Waals surface area contributed by atoms with Gasteiger partial charge in [-0.1, -0.05) is 5.16 Å². The minimum atomic E-state index is -0.0735. The molecular weight excluding hydrogens is 382 g/mol. The van der Waals surface area contributed by atoms with Gasteiger partial charge in [0.25, 0.3) is 5.91 Å². The topological polar surface area (TPSA) is 88.5 Å². The van der Waals surface area contributed by atoms with E-state index in [1.165, 1.54) is 6.26 Å². The predicted octanol–water partition coefficient (Wildman–Crippen LogP) is 3.65. The number of carbonyl (C=O) groups is 1. The molecule has 2 aliphatic heterocycles. The van der Waals surface area contributed by atoms with Gasteiger partial charge in [0.1, 0.15) is 0 Å². The van der Waals surface area contributed by atoms with Crippen molar-refractivity contribution < 1.29 is 13.7 Å². The Bertz CT molecular complexity index is 1020. The molecule has 0 bridgehead atoms. The van der Waals surface area contributed by atoms with E-state index in [4.69, 9.17) is 13.9 Å². The molecule has 30 heavy (non-hydrogen) atoms. The highest BCUT2D eigenvalue weighted by molar-refractivity contribution is 5.91. The largest absolute Gasteiger partial charge is 0.459 e. The van der Waals surface area contributed by atoms with Gasteiger partial charge in [-0.2, -0.15) is 0 Å². The lowest BCUT2D eigenvalue weighted by molar-refractivity contribution is 0.0674. The lowest BCUT2D eigenvalue weighted by atomic mass is 9.91. The van der Waals surface area contributed by atoms with E-state index >= 15 is 0 Å². The monoisotopic (exact) mass is 407 g/mol. The third-order valence-corrected chi connectivity index (χ3v) is 5.92. The van der Waals surface area contributed by atoms with Crippen LogP contribution >= 0.6 is 0 Å². The average Bonchev–Trinajstić information content (AvgIpc) is 3.55. The lowest BCUT2D eigenvalue weighted by Gasteiger charge is -2.33. The molecule has 0 saturated carbocycles. The van der Waals surface area contributed by atoms with Crippen LogP contribution in [0.3, 0.4) is 0 Å². The van der Waals surface area contributed by atoms with Gasteiger partial charge in [-0.15, -0.1) is 0 Å². The zero-order chi connectivity index (χ0) is 20.5. The van der Waals surface area contributed by atoms with E-state index in [1.54, 1.807) is 12.1 Å². The van der Waals surface area contributed by atoms with Gasteiger partial charge < -0.3 is 18.7 Å². The molecule has 0 aliphatic carbocycles. The quantitative estimate of drug-likeness (QED) is 0.652. The van der Waals surface area contributed by atoms with Gasteiger partial charge in [0.15, 0.2) is 11.5 Å². The number of aromatic nitrogens is 3. The highest BCUT2D eigenvalue weighted by Gasteiger charge is 2.31. The fraction of sp³-hybridized carbons (Fsp3) is 0.455. The second kappa shape index (κ2) is 7.93. The number of hydrogen-bond donors (Lipinski definition) is 0. The molecule has 0 aromatic carbocycles. The van der Waals surface area contributed by atoms with Crippen LogP contribution in [0.25, 0.3) is 11.3 Å². The average molecular weight is 407 g/mol. The van der Waals surface area contributed by atoms with Crippen molar-refractivity contribution in [3.8, 4) is 11.3 Å². The van der Waals surface area contributed by atoms with E-state index in [1.807, 2.05) is 24.1 Å². The smallest absolute Gasteiger partial charge is 0.289 e. The van der Waals surface area contributed by atoms with Crippen LogP contribution in [0, 0.1) is 6.92 Å². The molecule has 5 rings (SSSR count). The van der Waals surface area contributed by atoms with Gasteiger partial charge in [-0.05, 0) is 44.7 Å². The molecule has 8 heteroatoms. The minimum Gasteiger partial charge on any atom is -0.459 e. The van der Waals surface area contributed by atoms with E-state index in [0.29, 0.717) is 18.1 Å². The van der Waals surface area contributed by atoms with Crippen LogP contribution in [0.5, 0.6) is 0 Å². The molecule has 0 spiro atoms. The molecule has 2 saturated heterocycles. The molecule has 0 unspecified atom stereocenters. The van der Waals surface area contributed by atoms with Crippen molar-refractivity contribution in [3.63, 3.8) is 0 Å². The molecule has 156 valence electrons. The molecule has 5 heterocycles. The van der Waals surface area contributed by atoms with Crippen molar-refractivity contribution in [2.75, 3.05) is 31.1 Å². The van der Waals surface area contributed by atoms with Crippen molar-refractivity contribution in [2.24, 2.45) is 0 Å². The number of piperidine rings is 1. The molecule has 2 aliphatic rings. The van der Waals surface area contributed by atoms with Crippen LogP contribution in [0.1, 0.15) is 53.5 Å². The third-order valence-electron chi connectivity index (χ3n) is 5.92. The van der Waals surface area contributed by atoms with E-state index in [2.05, 4.69) is 15.0 Å². The summed E-state index contributed by atoms with van der Waals surface area (Å²) in [5.74, 6) is 1.84. The molecule has 1 amide bonds. The molecule has 3 aromatic heterocycles. The summed E-state index contributed by atoms with van der Waals surface area (Å²) in [7, 11) is 0. The fourth-order valence-electron chi connectivity index (χ4n) is 4.39. The van der Waals surface area contributed by atoms with Crippen molar-refractivity contribution in [1.29, 1.82) is 0 Å². The molecule has 0 N–H and O–H groups in total. The Balaban J connectivity index is 1.48. The molecule has 3 aromatic rings. The standard InChI is InChI=1S/C22H25N5O3/c1-15-12-19(30-25-15)17-13-23-22(26-8-2-3-9-26)24-20(17)16-6-4-10-27(14-16)21(28)18-7-5-11-29-18/h5,7,11-13,16H,2-4,6,8-10,14H2,1H3/t16-/m1/s1. The third kappa shape index (κ3) is 3.58. The number of anilines is 1. The summed E-state index contributed by atoms with van der Waals surface area (Å²) in [5, 5.41) is 4.04. The molecule has 8 nitrogen and oxygen atoms in total. The van der Waals surface area contributed by atoms with Crippen molar-refractivity contribution in [1.82, 2.24) is 20.0 Å². The Hall–Kier alpha value is -3.16. The highest BCUT2D eigenvalue weighted by atomic mass is 16.5. The van der Waals surface area contributed by atoms with Gasteiger partial charge in [0.2, 0.25) is 5.95 Å². The number of furan rings is 1. The first-order chi connectivity index (χ1) is 14.7. The number of likely N-dealkylation sites (tertiary alicyclic amines) is 1. The Labute approximate surface area is 174 Å².